The van der Waals surface area contributed by atoms with E-state index in [-0.39, 0.29) is 6.04 Å². The fourth-order valence-corrected chi connectivity index (χ4v) is 2.14. The topological polar surface area (TPSA) is 47.0 Å². The van der Waals surface area contributed by atoms with E-state index in [1.54, 1.807) is 7.11 Å². The van der Waals surface area contributed by atoms with Gasteiger partial charge in [0, 0.05) is 18.9 Å². The standard InChI is InChI=1S/C16H21N3O/c1-4-14-10-16(18-12(2)17-14)19-15(11-20-3)13-8-6-5-7-9-13/h5-10,15H,4,11H2,1-3H3,(H,17,18,19). The lowest BCUT2D eigenvalue weighted by molar-refractivity contribution is 0.186. The second-order valence-electron chi connectivity index (χ2n) is 4.71. The minimum atomic E-state index is 0.0835. The van der Waals surface area contributed by atoms with E-state index in [0.717, 1.165) is 23.8 Å². The molecule has 0 aliphatic carbocycles. The van der Waals surface area contributed by atoms with Crippen LogP contribution in [0, 0.1) is 6.92 Å². The molecule has 0 saturated carbocycles. The van der Waals surface area contributed by atoms with Crippen molar-refractivity contribution in [1.29, 1.82) is 0 Å². The third kappa shape index (κ3) is 3.78. The second kappa shape index (κ2) is 7.01. The number of methoxy groups -OCH3 is 1. The van der Waals surface area contributed by atoms with Gasteiger partial charge in [-0.25, -0.2) is 9.97 Å². The van der Waals surface area contributed by atoms with Crippen molar-refractivity contribution in [3.8, 4) is 0 Å². The normalized spacial score (nSPS) is 12.2. The predicted molar refractivity (Wildman–Crippen MR) is 80.8 cm³/mol. The van der Waals surface area contributed by atoms with Gasteiger partial charge in [-0.2, -0.15) is 0 Å². The van der Waals surface area contributed by atoms with Gasteiger partial charge in [0.25, 0.3) is 0 Å². The van der Waals surface area contributed by atoms with E-state index in [1.807, 2.05) is 31.2 Å². The molecular formula is C16H21N3O. The number of anilines is 1. The smallest absolute Gasteiger partial charge is 0.130 e. The van der Waals surface area contributed by atoms with E-state index < -0.39 is 0 Å². The third-order valence-electron chi connectivity index (χ3n) is 3.11. The summed E-state index contributed by atoms with van der Waals surface area (Å²) in [5, 5.41) is 3.44. The number of aryl methyl sites for hydroxylation is 2. The molecule has 1 heterocycles. The van der Waals surface area contributed by atoms with E-state index >= 15 is 0 Å². The molecule has 0 aliphatic heterocycles. The molecule has 1 aromatic heterocycles. The van der Waals surface area contributed by atoms with Gasteiger partial charge in [0.15, 0.2) is 0 Å². The van der Waals surface area contributed by atoms with E-state index in [9.17, 15) is 0 Å². The molecule has 2 rings (SSSR count). The highest BCUT2D eigenvalue weighted by atomic mass is 16.5. The Balaban J connectivity index is 2.22. The fraction of sp³-hybridized carbons (Fsp3) is 0.375. The minimum Gasteiger partial charge on any atom is -0.382 e. The zero-order valence-electron chi connectivity index (χ0n) is 12.3. The van der Waals surface area contributed by atoms with Crippen LogP contribution in [0.4, 0.5) is 5.82 Å². The average Bonchev–Trinajstić information content (AvgIpc) is 2.47. The molecule has 4 heteroatoms. The lowest BCUT2D eigenvalue weighted by Gasteiger charge is -2.19. The van der Waals surface area contributed by atoms with E-state index in [2.05, 4.69) is 34.3 Å². The zero-order chi connectivity index (χ0) is 14.4. The first kappa shape index (κ1) is 14.5. The quantitative estimate of drug-likeness (QED) is 0.876. The first-order chi connectivity index (χ1) is 9.72. The van der Waals surface area contributed by atoms with E-state index in [4.69, 9.17) is 4.74 Å². The number of rotatable bonds is 6. The van der Waals surface area contributed by atoms with Gasteiger partial charge < -0.3 is 10.1 Å². The van der Waals surface area contributed by atoms with Crippen molar-refractivity contribution < 1.29 is 4.74 Å². The molecular weight excluding hydrogens is 250 g/mol. The Morgan fingerprint density at radius 3 is 2.60 bits per heavy atom. The van der Waals surface area contributed by atoms with Gasteiger partial charge in [-0.05, 0) is 18.9 Å². The molecule has 1 unspecified atom stereocenters. The van der Waals surface area contributed by atoms with Crippen molar-refractivity contribution >= 4 is 5.82 Å². The van der Waals surface area contributed by atoms with Crippen LogP contribution in [-0.4, -0.2) is 23.7 Å². The van der Waals surface area contributed by atoms with Crippen molar-refractivity contribution in [2.75, 3.05) is 19.0 Å². The van der Waals surface area contributed by atoms with Crippen LogP contribution in [0.15, 0.2) is 36.4 Å². The minimum absolute atomic E-state index is 0.0835. The average molecular weight is 271 g/mol. The van der Waals surface area contributed by atoms with Gasteiger partial charge in [0.1, 0.15) is 11.6 Å². The molecule has 1 aromatic carbocycles. The van der Waals surface area contributed by atoms with Gasteiger partial charge in [-0.1, -0.05) is 37.3 Å². The largest absolute Gasteiger partial charge is 0.382 e. The van der Waals surface area contributed by atoms with Gasteiger partial charge in [0.05, 0.1) is 12.6 Å². The van der Waals surface area contributed by atoms with Gasteiger partial charge in [0.2, 0.25) is 0 Å². The molecule has 0 fully saturated rings. The van der Waals surface area contributed by atoms with Crippen LogP contribution in [-0.2, 0) is 11.2 Å². The Labute approximate surface area is 120 Å². The Morgan fingerprint density at radius 1 is 1.20 bits per heavy atom. The van der Waals surface area contributed by atoms with Crippen LogP contribution in [0.1, 0.15) is 30.0 Å². The maximum atomic E-state index is 5.31. The molecule has 106 valence electrons. The highest BCUT2D eigenvalue weighted by Crippen LogP contribution is 2.19. The first-order valence-electron chi connectivity index (χ1n) is 6.88. The maximum absolute atomic E-state index is 5.31. The molecule has 0 bridgehead atoms. The van der Waals surface area contributed by atoms with E-state index in [1.165, 1.54) is 5.56 Å². The molecule has 1 atom stereocenters. The number of ether oxygens (including phenoxy) is 1. The first-order valence-corrected chi connectivity index (χ1v) is 6.88. The number of benzene rings is 1. The molecule has 0 amide bonds. The van der Waals surface area contributed by atoms with E-state index in [0.29, 0.717) is 6.61 Å². The molecule has 0 saturated heterocycles. The summed E-state index contributed by atoms with van der Waals surface area (Å²) in [7, 11) is 1.71. The molecule has 1 N–H and O–H groups in total. The van der Waals surface area contributed by atoms with Crippen molar-refractivity contribution in [2.45, 2.75) is 26.3 Å². The maximum Gasteiger partial charge on any atom is 0.130 e. The summed E-state index contributed by atoms with van der Waals surface area (Å²) in [6.45, 7) is 4.60. The van der Waals surface area contributed by atoms with Gasteiger partial charge in [-0.15, -0.1) is 0 Å². The summed E-state index contributed by atoms with van der Waals surface area (Å²) >= 11 is 0. The van der Waals surface area contributed by atoms with Crippen LogP contribution in [0.2, 0.25) is 0 Å². The Kier molecular flexibility index (Phi) is 5.07. The van der Waals surface area contributed by atoms with Crippen LogP contribution in [0.3, 0.4) is 0 Å². The summed E-state index contributed by atoms with van der Waals surface area (Å²) in [4.78, 5) is 8.85. The van der Waals surface area contributed by atoms with Crippen molar-refractivity contribution in [3.63, 3.8) is 0 Å². The summed E-state index contributed by atoms with van der Waals surface area (Å²) in [6, 6.07) is 12.3. The van der Waals surface area contributed by atoms with Crippen LogP contribution >= 0.6 is 0 Å². The number of nitrogens with one attached hydrogen (secondary N) is 1. The zero-order valence-corrected chi connectivity index (χ0v) is 12.3. The number of hydrogen-bond acceptors (Lipinski definition) is 4. The Hall–Kier alpha value is -1.94. The SMILES string of the molecule is CCc1cc(NC(COC)c2ccccc2)nc(C)n1. The lowest BCUT2D eigenvalue weighted by atomic mass is 10.1. The Morgan fingerprint density at radius 2 is 1.95 bits per heavy atom. The highest BCUT2D eigenvalue weighted by molar-refractivity contribution is 5.40. The number of nitrogens with zero attached hydrogens (tertiary/aromatic N) is 2. The summed E-state index contributed by atoms with van der Waals surface area (Å²) < 4.78 is 5.31. The number of aromatic nitrogens is 2. The molecule has 4 nitrogen and oxygen atoms in total. The molecule has 0 aliphatic rings. The number of hydrogen-bond donors (Lipinski definition) is 1. The van der Waals surface area contributed by atoms with Crippen molar-refractivity contribution in [1.82, 2.24) is 9.97 Å². The van der Waals surface area contributed by atoms with Gasteiger partial charge in [-0.3, -0.25) is 0 Å². The predicted octanol–water partition coefficient (Wildman–Crippen LogP) is 3.15. The monoisotopic (exact) mass is 271 g/mol. The summed E-state index contributed by atoms with van der Waals surface area (Å²) in [5.41, 5.74) is 2.23. The molecule has 2 aromatic rings. The molecule has 0 spiro atoms. The van der Waals surface area contributed by atoms with Crippen LogP contribution in [0.25, 0.3) is 0 Å². The lowest BCUT2D eigenvalue weighted by Crippen LogP contribution is -2.17. The summed E-state index contributed by atoms with van der Waals surface area (Å²) in [5.74, 6) is 1.64. The molecule has 20 heavy (non-hydrogen) atoms. The summed E-state index contributed by atoms with van der Waals surface area (Å²) in [6.07, 6.45) is 0.901. The second-order valence-corrected chi connectivity index (χ2v) is 4.71. The fourth-order valence-electron chi connectivity index (χ4n) is 2.14. The van der Waals surface area contributed by atoms with Crippen LogP contribution < -0.4 is 5.32 Å². The van der Waals surface area contributed by atoms with Gasteiger partial charge >= 0.3 is 0 Å². The molecule has 0 radical (unpaired) electrons. The highest BCUT2D eigenvalue weighted by Gasteiger charge is 2.12. The van der Waals surface area contributed by atoms with Crippen LogP contribution in [0.5, 0.6) is 0 Å². The van der Waals surface area contributed by atoms with Crippen molar-refractivity contribution in [2.24, 2.45) is 0 Å². The van der Waals surface area contributed by atoms with Crippen molar-refractivity contribution in [3.05, 3.63) is 53.5 Å². The Bertz CT molecular complexity index is 543. The third-order valence-corrected chi connectivity index (χ3v) is 3.11.